The Morgan fingerprint density at radius 3 is 2.33 bits per heavy atom. The van der Waals surface area contributed by atoms with Crippen molar-refractivity contribution in [2.24, 2.45) is 0 Å². The van der Waals surface area contributed by atoms with E-state index >= 15 is 0 Å². The molecule has 2 aromatic carbocycles. The minimum absolute atomic E-state index is 0.0868. The van der Waals surface area contributed by atoms with Crippen LogP contribution in [-0.4, -0.2) is 6.54 Å². The Kier molecular flexibility index (Phi) is 5.02. The molecule has 0 aliphatic carbocycles. The van der Waals surface area contributed by atoms with E-state index in [-0.39, 0.29) is 11.1 Å². The average molecular weight is 293 g/mol. The molecule has 0 amide bonds. The van der Waals surface area contributed by atoms with Gasteiger partial charge in [-0.2, -0.15) is 0 Å². The summed E-state index contributed by atoms with van der Waals surface area (Å²) in [6.07, 6.45) is 1.000. The SMILES string of the molecule is CCCNCc1ccc(F)c(-c2cc(C)c(F)cc2F)c1. The van der Waals surface area contributed by atoms with Crippen LogP contribution in [0.4, 0.5) is 13.2 Å². The van der Waals surface area contributed by atoms with Gasteiger partial charge >= 0.3 is 0 Å². The largest absolute Gasteiger partial charge is 0.313 e. The van der Waals surface area contributed by atoms with E-state index in [1.54, 1.807) is 12.1 Å². The van der Waals surface area contributed by atoms with E-state index in [4.69, 9.17) is 0 Å². The normalized spacial score (nSPS) is 10.9. The molecule has 0 aromatic heterocycles. The van der Waals surface area contributed by atoms with Gasteiger partial charge in [-0.15, -0.1) is 0 Å². The van der Waals surface area contributed by atoms with E-state index < -0.39 is 17.5 Å². The molecule has 0 aliphatic heterocycles. The molecule has 1 N–H and O–H groups in total. The number of nitrogens with one attached hydrogen (secondary N) is 1. The molecule has 2 aromatic rings. The first-order valence-corrected chi connectivity index (χ1v) is 6.98. The highest BCUT2D eigenvalue weighted by Crippen LogP contribution is 2.28. The Labute approximate surface area is 122 Å². The maximum Gasteiger partial charge on any atom is 0.134 e. The molecule has 4 heteroatoms. The lowest BCUT2D eigenvalue weighted by Gasteiger charge is -2.10. The Hall–Kier alpha value is -1.81. The first-order chi connectivity index (χ1) is 10.0. The van der Waals surface area contributed by atoms with Crippen molar-refractivity contribution in [3.05, 3.63) is 58.9 Å². The van der Waals surface area contributed by atoms with Crippen LogP contribution in [0.15, 0.2) is 30.3 Å². The van der Waals surface area contributed by atoms with Crippen LogP contribution in [0.1, 0.15) is 24.5 Å². The average Bonchev–Trinajstić information content (AvgIpc) is 2.45. The van der Waals surface area contributed by atoms with Gasteiger partial charge in [-0.1, -0.05) is 13.0 Å². The third-order valence-electron chi connectivity index (χ3n) is 3.33. The molecule has 1 nitrogen and oxygen atoms in total. The third-order valence-corrected chi connectivity index (χ3v) is 3.33. The van der Waals surface area contributed by atoms with Crippen LogP contribution < -0.4 is 5.32 Å². The zero-order chi connectivity index (χ0) is 15.4. The van der Waals surface area contributed by atoms with Crippen molar-refractivity contribution in [3.63, 3.8) is 0 Å². The molecule has 0 unspecified atom stereocenters. The molecule has 2 rings (SSSR count). The van der Waals surface area contributed by atoms with E-state index in [1.165, 1.54) is 19.1 Å². The highest BCUT2D eigenvalue weighted by atomic mass is 19.1. The lowest BCUT2D eigenvalue weighted by atomic mass is 9.99. The maximum atomic E-state index is 14.0. The molecule has 0 saturated carbocycles. The molecule has 0 spiro atoms. The highest BCUT2D eigenvalue weighted by Gasteiger charge is 2.13. The Balaban J connectivity index is 2.39. The molecule has 0 radical (unpaired) electrons. The fraction of sp³-hybridized carbons (Fsp3) is 0.294. The fourth-order valence-corrected chi connectivity index (χ4v) is 2.16. The zero-order valence-electron chi connectivity index (χ0n) is 12.1. The third kappa shape index (κ3) is 3.64. The second-order valence-electron chi connectivity index (χ2n) is 5.07. The smallest absolute Gasteiger partial charge is 0.134 e. The maximum absolute atomic E-state index is 14.0. The summed E-state index contributed by atoms with van der Waals surface area (Å²) < 4.78 is 41.2. The zero-order valence-corrected chi connectivity index (χ0v) is 12.1. The molecule has 0 fully saturated rings. The quantitative estimate of drug-likeness (QED) is 0.796. The summed E-state index contributed by atoms with van der Waals surface area (Å²) in [6.45, 7) is 5.03. The summed E-state index contributed by atoms with van der Waals surface area (Å²) in [7, 11) is 0. The Bertz CT molecular complexity index is 638. The number of halogens is 3. The summed E-state index contributed by atoms with van der Waals surface area (Å²) >= 11 is 0. The fourth-order valence-electron chi connectivity index (χ4n) is 2.16. The van der Waals surface area contributed by atoms with Crippen molar-refractivity contribution in [1.82, 2.24) is 5.32 Å². The number of rotatable bonds is 5. The second-order valence-corrected chi connectivity index (χ2v) is 5.07. The lowest BCUT2D eigenvalue weighted by molar-refractivity contribution is 0.577. The van der Waals surface area contributed by atoms with Gasteiger partial charge in [0.1, 0.15) is 17.5 Å². The second kappa shape index (κ2) is 6.76. The van der Waals surface area contributed by atoms with Crippen LogP contribution >= 0.6 is 0 Å². The highest BCUT2D eigenvalue weighted by molar-refractivity contribution is 5.66. The topological polar surface area (TPSA) is 12.0 Å². The number of benzene rings is 2. The summed E-state index contributed by atoms with van der Waals surface area (Å²) in [5.41, 5.74) is 1.40. The van der Waals surface area contributed by atoms with Gasteiger partial charge in [0.2, 0.25) is 0 Å². The molecular weight excluding hydrogens is 275 g/mol. The molecule has 0 aliphatic rings. The van der Waals surface area contributed by atoms with Crippen molar-refractivity contribution in [2.45, 2.75) is 26.8 Å². The standard InChI is InChI=1S/C17H18F3N/c1-3-6-21-10-12-4-5-15(18)14(8-12)13-7-11(2)16(19)9-17(13)20/h4-5,7-9,21H,3,6,10H2,1-2H3. The van der Waals surface area contributed by atoms with Crippen LogP contribution in [0, 0.1) is 24.4 Å². The molecule has 21 heavy (non-hydrogen) atoms. The number of hydrogen-bond donors (Lipinski definition) is 1. The molecule has 0 bridgehead atoms. The van der Waals surface area contributed by atoms with Gasteiger partial charge in [-0.3, -0.25) is 0 Å². The van der Waals surface area contributed by atoms with E-state index in [0.717, 1.165) is 24.6 Å². The van der Waals surface area contributed by atoms with E-state index in [9.17, 15) is 13.2 Å². The summed E-state index contributed by atoms with van der Waals surface area (Å²) in [6, 6.07) is 6.72. The first kappa shape index (κ1) is 15.6. The minimum atomic E-state index is -0.754. The van der Waals surface area contributed by atoms with Gasteiger partial charge in [-0.05, 0) is 49.2 Å². The van der Waals surface area contributed by atoms with Crippen molar-refractivity contribution >= 4 is 0 Å². The van der Waals surface area contributed by atoms with Gasteiger partial charge in [0.25, 0.3) is 0 Å². The predicted octanol–water partition coefficient (Wildman–Crippen LogP) is 4.58. The number of hydrogen-bond acceptors (Lipinski definition) is 1. The summed E-state index contributed by atoms with van der Waals surface area (Å²) in [5.74, 6) is -1.90. The van der Waals surface area contributed by atoms with Crippen molar-refractivity contribution in [1.29, 1.82) is 0 Å². The first-order valence-electron chi connectivity index (χ1n) is 6.98. The van der Waals surface area contributed by atoms with Crippen molar-refractivity contribution in [3.8, 4) is 11.1 Å². The predicted molar refractivity (Wildman–Crippen MR) is 78.5 cm³/mol. The Morgan fingerprint density at radius 2 is 1.62 bits per heavy atom. The molecule has 112 valence electrons. The number of aryl methyl sites for hydroxylation is 1. The van der Waals surface area contributed by atoms with E-state index in [2.05, 4.69) is 12.2 Å². The molecule has 0 saturated heterocycles. The van der Waals surface area contributed by atoms with Gasteiger partial charge in [0.05, 0.1) is 0 Å². The van der Waals surface area contributed by atoms with Gasteiger partial charge < -0.3 is 5.32 Å². The van der Waals surface area contributed by atoms with E-state index in [0.29, 0.717) is 12.1 Å². The summed E-state index contributed by atoms with van der Waals surface area (Å²) in [5, 5.41) is 3.21. The van der Waals surface area contributed by atoms with Gasteiger partial charge in [0, 0.05) is 23.7 Å². The van der Waals surface area contributed by atoms with Crippen molar-refractivity contribution < 1.29 is 13.2 Å². The lowest BCUT2D eigenvalue weighted by Crippen LogP contribution is -2.13. The summed E-state index contributed by atoms with van der Waals surface area (Å²) in [4.78, 5) is 0. The Morgan fingerprint density at radius 1 is 0.905 bits per heavy atom. The van der Waals surface area contributed by atoms with E-state index in [1.807, 2.05) is 0 Å². The molecular formula is C17H18F3N. The molecule has 0 heterocycles. The van der Waals surface area contributed by atoms with Crippen molar-refractivity contribution in [2.75, 3.05) is 6.54 Å². The monoisotopic (exact) mass is 293 g/mol. The van der Waals surface area contributed by atoms with Crippen LogP contribution in [0.5, 0.6) is 0 Å². The van der Waals surface area contributed by atoms with Gasteiger partial charge in [0.15, 0.2) is 0 Å². The van der Waals surface area contributed by atoms with Crippen LogP contribution in [0.25, 0.3) is 11.1 Å². The van der Waals surface area contributed by atoms with Gasteiger partial charge in [-0.25, -0.2) is 13.2 Å². The van der Waals surface area contributed by atoms with Crippen LogP contribution in [-0.2, 0) is 6.54 Å². The van der Waals surface area contributed by atoms with Crippen LogP contribution in [0.2, 0.25) is 0 Å². The molecule has 0 atom stereocenters. The van der Waals surface area contributed by atoms with Crippen LogP contribution in [0.3, 0.4) is 0 Å². The minimum Gasteiger partial charge on any atom is -0.313 e.